The summed E-state index contributed by atoms with van der Waals surface area (Å²) in [7, 11) is -3.59. The zero-order valence-corrected chi connectivity index (χ0v) is 15.4. The molecule has 0 saturated carbocycles. The summed E-state index contributed by atoms with van der Waals surface area (Å²) in [6, 6.07) is 8.75. The maximum Gasteiger partial charge on any atom is 0.256 e. The molecule has 2 aromatic carbocycles. The highest BCUT2D eigenvalue weighted by Crippen LogP contribution is 2.28. The first-order chi connectivity index (χ1) is 12.2. The van der Waals surface area contributed by atoms with Gasteiger partial charge in [0.25, 0.3) is 5.91 Å². The normalized spacial score (nSPS) is 14.2. The van der Waals surface area contributed by atoms with Gasteiger partial charge < -0.3 is 9.64 Å². The van der Waals surface area contributed by atoms with Gasteiger partial charge in [-0.1, -0.05) is 17.7 Å². The summed E-state index contributed by atoms with van der Waals surface area (Å²) in [5.74, 6) is -0.554. The van der Waals surface area contributed by atoms with Crippen LogP contribution in [0.1, 0.15) is 15.9 Å². The van der Waals surface area contributed by atoms with Crippen molar-refractivity contribution in [2.45, 2.75) is 6.54 Å². The Morgan fingerprint density at radius 3 is 2.81 bits per heavy atom. The summed E-state index contributed by atoms with van der Waals surface area (Å²) >= 11 is 5.98. The maximum absolute atomic E-state index is 14.1. The van der Waals surface area contributed by atoms with E-state index in [0.717, 1.165) is 6.26 Å². The molecule has 0 atom stereocenters. The number of rotatable bonds is 3. The van der Waals surface area contributed by atoms with Crippen molar-refractivity contribution in [1.82, 2.24) is 4.90 Å². The molecule has 0 aliphatic carbocycles. The summed E-state index contributed by atoms with van der Waals surface area (Å²) in [5, 5.41) is 0.282. The van der Waals surface area contributed by atoms with E-state index in [1.165, 1.54) is 35.2 Å². The molecule has 1 heterocycles. The van der Waals surface area contributed by atoms with Crippen LogP contribution < -0.4 is 9.46 Å². The van der Waals surface area contributed by atoms with Crippen LogP contribution in [0.4, 0.5) is 10.1 Å². The lowest BCUT2D eigenvalue weighted by atomic mass is 10.1. The average Bonchev–Trinajstić information content (AvgIpc) is 2.78. The third-order valence-electron chi connectivity index (χ3n) is 3.84. The number of nitrogens with zero attached hydrogens (tertiary/aromatic N) is 1. The van der Waals surface area contributed by atoms with Crippen LogP contribution in [0.2, 0.25) is 5.02 Å². The lowest BCUT2D eigenvalue weighted by Gasteiger charge is -2.22. The van der Waals surface area contributed by atoms with Crippen LogP contribution in [-0.4, -0.2) is 38.6 Å². The minimum absolute atomic E-state index is 0.00562. The third-order valence-corrected chi connectivity index (χ3v) is 4.66. The number of sulfonamides is 1. The molecule has 1 aliphatic rings. The van der Waals surface area contributed by atoms with Gasteiger partial charge in [-0.2, -0.15) is 0 Å². The highest BCUT2D eigenvalue weighted by molar-refractivity contribution is 7.92. The zero-order valence-electron chi connectivity index (χ0n) is 13.8. The summed E-state index contributed by atoms with van der Waals surface area (Å²) in [6.07, 6.45) is 0.987. The predicted molar refractivity (Wildman–Crippen MR) is 96.6 cm³/mol. The topological polar surface area (TPSA) is 75.7 Å². The Morgan fingerprint density at radius 1 is 1.31 bits per heavy atom. The predicted octanol–water partition coefficient (Wildman–Crippen LogP) is 2.89. The second kappa shape index (κ2) is 7.13. The Balaban J connectivity index is 1.97. The molecule has 1 amide bonds. The Bertz CT molecular complexity index is 965. The van der Waals surface area contributed by atoms with E-state index in [1.807, 2.05) is 0 Å². The molecule has 1 aliphatic heterocycles. The lowest BCUT2D eigenvalue weighted by Crippen LogP contribution is -2.33. The first kappa shape index (κ1) is 18.5. The van der Waals surface area contributed by atoms with Gasteiger partial charge in [0.1, 0.15) is 18.2 Å². The minimum atomic E-state index is -3.59. The van der Waals surface area contributed by atoms with Crippen LogP contribution in [-0.2, 0) is 16.6 Å². The molecule has 0 aromatic heterocycles. The molecule has 0 spiro atoms. The fourth-order valence-corrected chi connectivity index (χ4v) is 3.44. The Kier molecular flexibility index (Phi) is 5.06. The van der Waals surface area contributed by atoms with E-state index in [1.54, 1.807) is 6.07 Å². The van der Waals surface area contributed by atoms with E-state index in [0.29, 0.717) is 5.75 Å². The van der Waals surface area contributed by atoms with Crippen LogP contribution in [0.3, 0.4) is 0 Å². The van der Waals surface area contributed by atoms with E-state index in [2.05, 4.69) is 4.72 Å². The second-order valence-electron chi connectivity index (χ2n) is 5.86. The lowest BCUT2D eigenvalue weighted by molar-refractivity contribution is 0.0733. The number of benzene rings is 2. The minimum Gasteiger partial charge on any atom is -0.491 e. The van der Waals surface area contributed by atoms with E-state index in [4.69, 9.17) is 16.3 Å². The van der Waals surface area contributed by atoms with Gasteiger partial charge in [0.05, 0.1) is 30.6 Å². The SMILES string of the molecule is CS(=O)(=O)Nc1ccc(Cl)cc1C(=O)N1CCOc2cccc(F)c2C1. The number of ether oxygens (including phenoxy) is 1. The Morgan fingerprint density at radius 2 is 2.08 bits per heavy atom. The Labute approximate surface area is 155 Å². The van der Waals surface area contributed by atoms with Crippen LogP contribution in [0, 0.1) is 5.82 Å². The van der Waals surface area contributed by atoms with Gasteiger partial charge in [-0.05, 0) is 30.3 Å². The highest BCUT2D eigenvalue weighted by atomic mass is 35.5. The van der Waals surface area contributed by atoms with Gasteiger partial charge >= 0.3 is 0 Å². The molecule has 0 unspecified atom stereocenters. The molecule has 0 bridgehead atoms. The van der Waals surface area contributed by atoms with Crippen molar-refractivity contribution in [2.24, 2.45) is 0 Å². The molecule has 0 radical (unpaired) electrons. The first-order valence-electron chi connectivity index (χ1n) is 7.71. The van der Waals surface area contributed by atoms with Gasteiger partial charge in [-0.25, -0.2) is 12.8 Å². The largest absolute Gasteiger partial charge is 0.491 e. The third kappa shape index (κ3) is 4.08. The van der Waals surface area contributed by atoms with Crippen LogP contribution in [0.25, 0.3) is 0 Å². The van der Waals surface area contributed by atoms with Crippen molar-refractivity contribution in [3.63, 3.8) is 0 Å². The van der Waals surface area contributed by atoms with Gasteiger partial charge in [-0.3, -0.25) is 9.52 Å². The van der Waals surface area contributed by atoms with E-state index in [-0.39, 0.29) is 41.5 Å². The molecular formula is C17H16ClFN2O4S. The van der Waals surface area contributed by atoms with Crippen LogP contribution >= 0.6 is 11.6 Å². The molecule has 0 saturated heterocycles. The van der Waals surface area contributed by atoms with Gasteiger partial charge in [-0.15, -0.1) is 0 Å². The summed E-state index contributed by atoms with van der Waals surface area (Å²) in [4.78, 5) is 14.4. The molecule has 9 heteroatoms. The second-order valence-corrected chi connectivity index (χ2v) is 8.04. The maximum atomic E-state index is 14.1. The number of carbonyl (C=O) groups is 1. The van der Waals surface area contributed by atoms with E-state index >= 15 is 0 Å². The molecule has 3 rings (SSSR count). The van der Waals surface area contributed by atoms with Crippen molar-refractivity contribution in [3.8, 4) is 5.75 Å². The van der Waals surface area contributed by atoms with Crippen molar-refractivity contribution in [1.29, 1.82) is 0 Å². The average molecular weight is 399 g/mol. The van der Waals surface area contributed by atoms with Crippen molar-refractivity contribution < 1.29 is 22.3 Å². The molecule has 26 heavy (non-hydrogen) atoms. The molecule has 2 aromatic rings. The van der Waals surface area contributed by atoms with E-state index < -0.39 is 21.7 Å². The van der Waals surface area contributed by atoms with Gasteiger partial charge in [0.2, 0.25) is 10.0 Å². The van der Waals surface area contributed by atoms with Crippen molar-refractivity contribution >= 4 is 33.2 Å². The number of hydrogen-bond donors (Lipinski definition) is 1. The fourth-order valence-electron chi connectivity index (χ4n) is 2.69. The number of hydrogen-bond acceptors (Lipinski definition) is 4. The highest BCUT2D eigenvalue weighted by Gasteiger charge is 2.25. The number of fused-ring (bicyclic) bond motifs is 1. The van der Waals surface area contributed by atoms with Crippen LogP contribution in [0.5, 0.6) is 5.75 Å². The molecule has 0 fully saturated rings. The van der Waals surface area contributed by atoms with E-state index in [9.17, 15) is 17.6 Å². The summed E-state index contributed by atoms with van der Waals surface area (Å²) in [5.41, 5.74) is 0.474. The number of amides is 1. The van der Waals surface area contributed by atoms with Gasteiger partial charge in [0, 0.05) is 10.6 Å². The summed E-state index contributed by atoms with van der Waals surface area (Å²) < 4.78 is 45.1. The monoisotopic (exact) mass is 398 g/mol. The molecular weight excluding hydrogens is 383 g/mol. The van der Waals surface area contributed by atoms with Crippen LogP contribution in [0.15, 0.2) is 36.4 Å². The number of anilines is 1. The van der Waals surface area contributed by atoms with Gasteiger partial charge in [0.15, 0.2) is 0 Å². The van der Waals surface area contributed by atoms with Crippen molar-refractivity contribution in [2.75, 3.05) is 24.1 Å². The van der Waals surface area contributed by atoms with Crippen molar-refractivity contribution in [3.05, 3.63) is 58.4 Å². The molecule has 1 N–H and O–H groups in total. The molecule has 138 valence electrons. The smallest absolute Gasteiger partial charge is 0.256 e. The Hall–Kier alpha value is -2.32. The number of halogens is 2. The zero-order chi connectivity index (χ0) is 18.9. The summed E-state index contributed by atoms with van der Waals surface area (Å²) in [6.45, 7) is 0.418. The standard InChI is InChI=1S/C17H16ClFN2O4S/c1-26(23,24)20-15-6-5-11(18)9-12(15)17(22)21-7-8-25-16-4-2-3-14(19)13(16)10-21/h2-6,9,20H,7-8,10H2,1H3. The molecule has 6 nitrogen and oxygen atoms in total. The fraction of sp³-hybridized carbons (Fsp3) is 0.235. The number of nitrogens with one attached hydrogen (secondary N) is 1. The quantitative estimate of drug-likeness (QED) is 0.862. The number of carbonyl (C=O) groups excluding carboxylic acids is 1. The first-order valence-corrected chi connectivity index (χ1v) is 9.98.